The maximum atomic E-state index is 5.37. The topological polar surface area (TPSA) is 30.7 Å². The first-order chi connectivity index (χ1) is 27.8. The number of thiophene rings is 1. The normalized spacial score (nSPS) is 11.6. The first-order valence-electron chi connectivity index (χ1n) is 18.9. The molecular formula is C52H33N3S. The number of aromatic nitrogens is 3. The van der Waals surface area contributed by atoms with Crippen LogP contribution in [0.3, 0.4) is 0 Å². The molecule has 0 saturated heterocycles. The van der Waals surface area contributed by atoms with Crippen molar-refractivity contribution in [2.75, 3.05) is 0 Å². The summed E-state index contributed by atoms with van der Waals surface area (Å²) in [7, 11) is 0. The van der Waals surface area contributed by atoms with Gasteiger partial charge in [-0.1, -0.05) is 170 Å². The van der Waals surface area contributed by atoms with E-state index in [1.54, 1.807) is 0 Å². The molecular weight excluding hydrogens is 699 g/mol. The van der Waals surface area contributed by atoms with Gasteiger partial charge >= 0.3 is 0 Å². The molecule has 0 atom stereocenters. The Kier molecular flexibility index (Phi) is 7.68. The van der Waals surface area contributed by atoms with E-state index in [1.165, 1.54) is 58.8 Å². The summed E-state index contributed by atoms with van der Waals surface area (Å²) in [5.41, 5.74) is 13.1. The number of hydrogen-bond acceptors (Lipinski definition) is 3. The summed E-state index contributed by atoms with van der Waals surface area (Å²) in [5.74, 6) is 0.694. The maximum Gasteiger partial charge on any atom is 0.160 e. The summed E-state index contributed by atoms with van der Waals surface area (Å²) in [6.07, 6.45) is 0. The fourth-order valence-electron chi connectivity index (χ4n) is 8.17. The Hall–Kier alpha value is -7.14. The van der Waals surface area contributed by atoms with Crippen molar-refractivity contribution in [2.24, 2.45) is 0 Å². The Morgan fingerprint density at radius 2 is 0.911 bits per heavy atom. The lowest BCUT2D eigenvalue weighted by Crippen LogP contribution is -1.97. The summed E-state index contributed by atoms with van der Waals surface area (Å²) in [6.45, 7) is 0. The molecule has 56 heavy (non-hydrogen) atoms. The van der Waals surface area contributed by atoms with Gasteiger partial charge in [0, 0.05) is 42.9 Å². The number of benzene rings is 8. The molecule has 0 saturated carbocycles. The van der Waals surface area contributed by atoms with E-state index in [2.05, 4.69) is 199 Å². The van der Waals surface area contributed by atoms with Crippen LogP contribution in [0.25, 0.3) is 104 Å². The lowest BCUT2D eigenvalue weighted by Gasteiger charge is -2.12. The second-order valence-corrected chi connectivity index (χ2v) is 15.2. The smallest absolute Gasteiger partial charge is 0.160 e. The number of rotatable bonds is 6. The van der Waals surface area contributed by atoms with Gasteiger partial charge in [-0.2, -0.15) is 0 Å². The minimum absolute atomic E-state index is 0.694. The third kappa shape index (κ3) is 5.42. The molecule has 3 nitrogen and oxygen atoms in total. The lowest BCUT2D eigenvalue weighted by atomic mass is 9.99. The molecule has 0 aliphatic carbocycles. The van der Waals surface area contributed by atoms with Gasteiger partial charge in [0.2, 0.25) is 0 Å². The zero-order valence-corrected chi connectivity index (χ0v) is 31.1. The maximum absolute atomic E-state index is 5.37. The van der Waals surface area contributed by atoms with Crippen LogP contribution in [0, 0.1) is 0 Å². The van der Waals surface area contributed by atoms with Crippen LogP contribution in [0.15, 0.2) is 200 Å². The highest BCUT2D eigenvalue weighted by atomic mass is 32.1. The zero-order chi connectivity index (χ0) is 37.0. The number of nitrogens with zero attached hydrogens (tertiary/aromatic N) is 3. The molecule has 3 heterocycles. The van der Waals surface area contributed by atoms with Crippen molar-refractivity contribution in [1.82, 2.24) is 14.5 Å². The summed E-state index contributed by atoms with van der Waals surface area (Å²) < 4.78 is 5.02. The highest BCUT2D eigenvalue weighted by Crippen LogP contribution is 2.43. The SMILES string of the molecule is c1ccc(-c2ccc(-c3cc(-c4cccc5c4c4ccccc4n5-c4cccc5c4sc4ccccc45)nc(-c4ccc(-c5ccccc5)cc4)n3)cc2)cc1. The van der Waals surface area contributed by atoms with Gasteiger partial charge in [-0.05, 0) is 52.6 Å². The standard InChI is InChI=1S/C52H33N3S/c1-3-13-34(14-4-1)36-25-29-38(30-26-36)44-33-45(54-52(53-44)39-31-27-37(28-32-39)35-15-5-2-6-16-35)42-20-12-22-47-50(42)43-18-7-9-21-46(43)55(47)48-23-11-19-41-40-17-8-10-24-49(40)56-51(41)48/h1-33H. The van der Waals surface area contributed by atoms with Gasteiger partial charge < -0.3 is 4.57 Å². The molecule has 11 rings (SSSR count). The third-order valence-corrected chi connectivity index (χ3v) is 12.1. The molecule has 0 aliphatic rings. The van der Waals surface area contributed by atoms with E-state index in [-0.39, 0.29) is 0 Å². The second-order valence-electron chi connectivity index (χ2n) is 14.2. The van der Waals surface area contributed by atoms with Crippen LogP contribution in [0.5, 0.6) is 0 Å². The molecule has 0 bridgehead atoms. The van der Waals surface area contributed by atoms with Crippen LogP contribution >= 0.6 is 11.3 Å². The largest absolute Gasteiger partial charge is 0.308 e. The fourth-order valence-corrected chi connectivity index (χ4v) is 9.38. The molecule has 0 amide bonds. The van der Waals surface area contributed by atoms with Crippen molar-refractivity contribution in [2.45, 2.75) is 0 Å². The predicted molar refractivity (Wildman–Crippen MR) is 236 cm³/mol. The molecule has 0 N–H and O–H groups in total. The zero-order valence-electron chi connectivity index (χ0n) is 30.3. The second kappa shape index (κ2) is 13.3. The van der Waals surface area contributed by atoms with Gasteiger partial charge in [0.05, 0.1) is 32.8 Å². The third-order valence-electron chi connectivity index (χ3n) is 10.9. The molecule has 0 spiro atoms. The molecule has 11 aromatic rings. The molecule has 0 fully saturated rings. The fraction of sp³-hybridized carbons (Fsp3) is 0. The van der Waals surface area contributed by atoms with Crippen molar-refractivity contribution >= 4 is 53.3 Å². The van der Waals surface area contributed by atoms with Gasteiger partial charge in [-0.15, -0.1) is 11.3 Å². The van der Waals surface area contributed by atoms with E-state index in [0.29, 0.717) is 5.82 Å². The summed E-state index contributed by atoms with van der Waals surface area (Å²) >= 11 is 1.86. The first kappa shape index (κ1) is 32.3. The molecule has 4 heteroatoms. The lowest BCUT2D eigenvalue weighted by molar-refractivity contribution is 1.18. The van der Waals surface area contributed by atoms with Crippen molar-refractivity contribution in [3.8, 4) is 61.8 Å². The quantitative estimate of drug-likeness (QED) is 0.170. The van der Waals surface area contributed by atoms with Gasteiger partial charge in [-0.3, -0.25) is 0 Å². The molecule has 3 aromatic heterocycles. The summed E-state index contributed by atoms with van der Waals surface area (Å²) in [4.78, 5) is 10.6. The minimum atomic E-state index is 0.694. The van der Waals surface area contributed by atoms with Crippen molar-refractivity contribution in [3.05, 3.63) is 200 Å². The van der Waals surface area contributed by atoms with E-state index in [1.807, 2.05) is 17.4 Å². The monoisotopic (exact) mass is 731 g/mol. The minimum Gasteiger partial charge on any atom is -0.308 e. The van der Waals surface area contributed by atoms with E-state index in [0.717, 1.165) is 39.2 Å². The Morgan fingerprint density at radius 1 is 0.375 bits per heavy atom. The van der Waals surface area contributed by atoms with Crippen LogP contribution in [0.2, 0.25) is 0 Å². The van der Waals surface area contributed by atoms with Crippen LogP contribution in [-0.4, -0.2) is 14.5 Å². The van der Waals surface area contributed by atoms with Gasteiger partial charge in [0.25, 0.3) is 0 Å². The predicted octanol–water partition coefficient (Wildman–Crippen LogP) is 14.3. The van der Waals surface area contributed by atoms with Crippen LogP contribution < -0.4 is 0 Å². The Bertz CT molecular complexity index is 3110. The summed E-state index contributed by atoms with van der Waals surface area (Å²) in [5, 5.41) is 4.95. The van der Waals surface area contributed by atoms with E-state index < -0.39 is 0 Å². The Labute approximate surface area is 328 Å². The van der Waals surface area contributed by atoms with Gasteiger partial charge in [0.15, 0.2) is 5.82 Å². The molecule has 0 aliphatic heterocycles. The Morgan fingerprint density at radius 3 is 1.64 bits per heavy atom. The van der Waals surface area contributed by atoms with Crippen molar-refractivity contribution < 1.29 is 0 Å². The van der Waals surface area contributed by atoms with E-state index in [4.69, 9.17) is 9.97 Å². The van der Waals surface area contributed by atoms with Gasteiger partial charge in [-0.25, -0.2) is 9.97 Å². The summed E-state index contributed by atoms with van der Waals surface area (Å²) in [6, 6.07) is 71.3. The average molecular weight is 732 g/mol. The Balaban J connectivity index is 1.12. The molecule has 0 unspecified atom stereocenters. The van der Waals surface area contributed by atoms with Crippen molar-refractivity contribution in [3.63, 3.8) is 0 Å². The molecule has 8 aromatic carbocycles. The van der Waals surface area contributed by atoms with E-state index >= 15 is 0 Å². The molecule has 0 radical (unpaired) electrons. The van der Waals surface area contributed by atoms with Gasteiger partial charge in [0.1, 0.15) is 0 Å². The first-order valence-corrected chi connectivity index (χ1v) is 19.7. The molecule has 262 valence electrons. The van der Waals surface area contributed by atoms with Crippen LogP contribution in [-0.2, 0) is 0 Å². The number of hydrogen-bond donors (Lipinski definition) is 0. The van der Waals surface area contributed by atoms with E-state index in [9.17, 15) is 0 Å². The van der Waals surface area contributed by atoms with Crippen LogP contribution in [0.1, 0.15) is 0 Å². The van der Waals surface area contributed by atoms with Crippen molar-refractivity contribution in [1.29, 1.82) is 0 Å². The highest BCUT2D eigenvalue weighted by molar-refractivity contribution is 7.26. The van der Waals surface area contributed by atoms with Crippen LogP contribution in [0.4, 0.5) is 0 Å². The average Bonchev–Trinajstić information content (AvgIpc) is 3.83. The highest BCUT2D eigenvalue weighted by Gasteiger charge is 2.20. The number of para-hydroxylation sites is 1. The number of fused-ring (bicyclic) bond motifs is 6.